The number of hydrogen-bond donors (Lipinski definition) is 3. The zero-order chi connectivity index (χ0) is 13.5. The van der Waals surface area contributed by atoms with E-state index in [-0.39, 0.29) is 25.1 Å². The zero-order valence-electron chi connectivity index (χ0n) is 9.92. The molecule has 18 heavy (non-hydrogen) atoms. The van der Waals surface area contributed by atoms with Gasteiger partial charge < -0.3 is 25.8 Å². The average molecular weight is 259 g/mol. The number of carboxylic acid groups (broad SMARTS) is 1. The predicted octanol–water partition coefficient (Wildman–Crippen LogP) is -0.412. The molecule has 102 valence electrons. The first kappa shape index (κ1) is 14.1. The summed E-state index contributed by atoms with van der Waals surface area (Å²) in [6.45, 7) is 1.03. The highest BCUT2D eigenvalue weighted by Crippen LogP contribution is 2.16. The quantitative estimate of drug-likeness (QED) is 0.592. The zero-order valence-corrected chi connectivity index (χ0v) is 9.92. The fraction of sp³-hybridized carbons (Fsp3) is 0.700. The molecule has 1 rings (SSSR count). The third-order valence-corrected chi connectivity index (χ3v) is 2.75. The molecule has 1 aliphatic heterocycles. The molecule has 1 saturated heterocycles. The number of piperidine rings is 1. The molecule has 8 heteroatoms. The van der Waals surface area contributed by atoms with Crippen LogP contribution in [0.2, 0.25) is 0 Å². The Bertz CT molecular complexity index is 325. The Labute approximate surface area is 104 Å². The number of hydrogen-bond acceptors (Lipinski definition) is 4. The number of amides is 3. The predicted molar refractivity (Wildman–Crippen MR) is 60.9 cm³/mol. The van der Waals surface area contributed by atoms with Gasteiger partial charge in [-0.1, -0.05) is 0 Å². The van der Waals surface area contributed by atoms with Crippen molar-refractivity contribution in [2.45, 2.75) is 12.8 Å². The largest absolute Gasteiger partial charge is 0.481 e. The minimum absolute atomic E-state index is 0.0205. The van der Waals surface area contributed by atoms with Crippen LogP contribution in [0.1, 0.15) is 12.8 Å². The second kappa shape index (κ2) is 6.67. The number of carbonyl (C=O) groups is 3. The number of rotatable bonds is 4. The number of carboxylic acids is 1. The van der Waals surface area contributed by atoms with Gasteiger partial charge in [-0.15, -0.1) is 0 Å². The smallest absolute Gasteiger partial charge is 0.404 e. The first-order valence-corrected chi connectivity index (χ1v) is 5.68. The van der Waals surface area contributed by atoms with Crippen LogP contribution in [-0.2, 0) is 9.53 Å². The molecule has 3 amide bonds. The molecular formula is C10H17N3O5. The molecular weight excluding hydrogens is 242 g/mol. The fourth-order valence-corrected chi connectivity index (χ4v) is 1.75. The minimum Gasteiger partial charge on any atom is -0.481 e. The number of nitrogens with one attached hydrogen (secondary N) is 1. The normalized spacial score (nSPS) is 16.1. The number of urea groups is 1. The summed E-state index contributed by atoms with van der Waals surface area (Å²) in [7, 11) is 0. The fourth-order valence-electron chi connectivity index (χ4n) is 1.75. The second-order valence-electron chi connectivity index (χ2n) is 4.00. The van der Waals surface area contributed by atoms with Gasteiger partial charge in [0.15, 0.2) is 0 Å². The lowest BCUT2D eigenvalue weighted by Crippen LogP contribution is -2.46. The summed E-state index contributed by atoms with van der Waals surface area (Å²) in [5, 5.41) is 11.4. The highest BCUT2D eigenvalue weighted by atomic mass is 16.5. The summed E-state index contributed by atoms with van der Waals surface area (Å²) in [4.78, 5) is 34.2. The summed E-state index contributed by atoms with van der Waals surface area (Å²) in [5.74, 6) is -1.18. The van der Waals surface area contributed by atoms with Gasteiger partial charge in [0.05, 0.1) is 12.5 Å². The van der Waals surface area contributed by atoms with E-state index in [1.54, 1.807) is 4.90 Å². The third-order valence-electron chi connectivity index (χ3n) is 2.75. The van der Waals surface area contributed by atoms with Gasteiger partial charge >= 0.3 is 18.1 Å². The van der Waals surface area contributed by atoms with Gasteiger partial charge in [-0.2, -0.15) is 0 Å². The molecule has 1 heterocycles. The number of nitrogens with two attached hydrogens (primary N) is 1. The van der Waals surface area contributed by atoms with Crippen molar-refractivity contribution in [3.05, 3.63) is 0 Å². The van der Waals surface area contributed by atoms with Crippen molar-refractivity contribution < 1.29 is 24.2 Å². The van der Waals surface area contributed by atoms with Gasteiger partial charge in [0.1, 0.15) is 6.61 Å². The third kappa shape index (κ3) is 4.48. The monoisotopic (exact) mass is 259 g/mol. The van der Waals surface area contributed by atoms with Crippen LogP contribution >= 0.6 is 0 Å². The molecule has 1 aliphatic rings. The van der Waals surface area contributed by atoms with E-state index in [9.17, 15) is 14.4 Å². The molecule has 0 radical (unpaired) electrons. The summed E-state index contributed by atoms with van der Waals surface area (Å²) < 4.78 is 4.46. The maximum absolute atomic E-state index is 11.6. The lowest BCUT2D eigenvalue weighted by molar-refractivity contribution is -0.143. The molecule has 0 aliphatic carbocycles. The molecule has 0 aromatic heterocycles. The SMILES string of the molecule is NC(=O)OCCNC(=O)N1CCC(C(=O)O)CC1. The van der Waals surface area contributed by atoms with Crippen LogP contribution in [0.15, 0.2) is 0 Å². The Morgan fingerprint density at radius 1 is 1.33 bits per heavy atom. The van der Waals surface area contributed by atoms with Crippen molar-refractivity contribution in [3.8, 4) is 0 Å². The molecule has 4 N–H and O–H groups in total. The molecule has 0 spiro atoms. The van der Waals surface area contributed by atoms with Gasteiger partial charge in [0.25, 0.3) is 0 Å². The maximum Gasteiger partial charge on any atom is 0.404 e. The van der Waals surface area contributed by atoms with E-state index in [1.165, 1.54) is 0 Å². The lowest BCUT2D eigenvalue weighted by atomic mass is 9.97. The highest BCUT2D eigenvalue weighted by molar-refractivity contribution is 5.75. The van der Waals surface area contributed by atoms with Crippen LogP contribution in [0.4, 0.5) is 9.59 Å². The van der Waals surface area contributed by atoms with Gasteiger partial charge in [0, 0.05) is 13.1 Å². The van der Waals surface area contributed by atoms with Crippen LogP contribution in [0.3, 0.4) is 0 Å². The molecule has 0 aromatic rings. The highest BCUT2D eigenvalue weighted by Gasteiger charge is 2.26. The minimum atomic E-state index is -0.883. The van der Waals surface area contributed by atoms with E-state index < -0.39 is 12.1 Å². The number of primary amides is 1. The van der Waals surface area contributed by atoms with E-state index in [0.29, 0.717) is 25.9 Å². The molecule has 1 fully saturated rings. The van der Waals surface area contributed by atoms with Crippen molar-refractivity contribution in [3.63, 3.8) is 0 Å². The lowest BCUT2D eigenvalue weighted by Gasteiger charge is -2.30. The summed E-state index contributed by atoms with van der Waals surface area (Å²) in [5.41, 5.74) is 4.76. The Morgan fingerprint density at radius 3 is 2.44 bits per heavy atom. The second-order valence-corrected chi connectivity index (χ2v) is 4.00. The number of ether oxygens (including phenoxy) is 1. The van der Waals surface area contributed by atoms with Gasteiger partial charge in [-0.3, -0.25) is 4.79 Å². The molecule has 8 nitrogen and oxygen atoms in total. The van der Waals surface area contributed by atoms with Crippen molar-refractivity contribution in [1.29, 1.82) is 0 Å². The van der Waals surface area contributed by atoms with E-state index >= 15 is 0 Å². The first-order valence-electron chi connectivity index (χ1n) is 5.68. The summed E-state index contributed by atoms with van der Waals surface area (Å²) in [6, 6.07) is -0.285. The van der Waals surface area contributed by atoms with E-state index in [2.05, 4.69) is 10.1 Å². The molecule has 0 atom stereocenters. The molecule has 0 unspecified atom stereocenters. The molecule has 0 bridgehead atoms. The van der Waals surface area contributed by atoms with E-state index in [0.717, 1.165) is 0 Å². The number of carbonyl (C=O) groups excluding carboxylic acids is 2. The van der Waals surface area contributed by atoms with E-state index in [1.807, 2.05) is 0 Å². The molecule has 0 aromatic carbocycles. The van der Waals surface area contributed by atoms with E-state index in [4.69, 9.17) is 10.8 Å². The Kier molecular flexibility index (Phi) is 5.22. The maximum atomic E-state index is 11.6. The van der Waals surface area contributed by atoms with Crippen LogP contribution in [0.5, 0.6) is 0 Å². The van der Waals surface area contributed by atoms with Crippen LogP contribution < -0.4 is 11.1 Å². The van der Waals surface area contributed by atoms with Gasteiger partial charge in [-0.05, 0) is 12.8 Å². The van der Waals surface area contributed by atoms with Crippen LogP contribution in [-0.4, -0.2) is 54.3 Å². The van der Waals surface area contributed by atoms with Crippen molar-refractivity contribution >= 4 is 18.1 Å². The Balaban J connectivity index is 2.20. The summed E-state index contributed by atoms with van der Waals surface area (Å²) in [6.07, 6.45) is 0.0349. The number of aliphatic carboxylic acids is 1. The van der Waals surface area contributed by atoms with Crippen molar-refractivity contribution in [1.82, 2.24) is 10.2 Å². The number of likely N-dealkylation sites (tertiary alicyclic amines) is 1. The standard InChI is InChI=1S/C10H17N3O5/c11-9(16)18-6-3-12-10(17)13-4-1-7(2-5-13)8(14)15/h7H,1-6H2,(H2,11,16)(H,12,17)(H,14,15). The van der Waals surface area contributed by atoms with Crippen LogP contribution in [0, 0.1) is 5.92 Å². The summed E-state index contributed by atoms with van der Waals surface area (Å²) >= 11 is 0. The average Bonchev–Trinajstić information content (AvgIpc) is 2.34. The number of nitrogens with zero attached hydrogens (tertiary/aromatic N) is 1. The molecule has 0 saturated carbocycles. The first-order chi connectivity index (χ1) is 8.50. The van der Waals surface area contributed by atoms with Crippen molar-refractivity contribution in [2.75, 3.05) is 26.2 Å². The van der Waals surface area contributed by atoms with Gasteiger partial charge in [0.2, 0.25) is 0 Å². The van der Waals surface area contributed by atoms with Crippen LogP contribution in [0.25, 0.3) is 0 Å². The Hall–Kier alpha value is -1.99. The van der Waals surface area contributed by atoms with Gasteiger partial charge in [-0.25, -0.2) is 9.59 Å². The Morgan fingerprint density at radius 2 is 1.94 bits per heavy atom. The topological polar surface area (TPSA) is 122 Å². The van der Waals surface area contributed by atoms with Crippen molar-refractivity contribution in [2.24, 2.45) is 11.7 Å².